The maximum atomic E-state index is 14.0. The molecule has 52 heavy (non-hydrogen) atoms. The van der Waals surface area contributed by atoms with Gasteiger partial charge in [-0.05, 0) is 51.5 Å². The van der Waals surface area contributed by atoms with Crippen molar-refractivity contribution in [2.45, 2.75) is 128 Å². The van der Waals surface area contributed by atoms with Gasteiger partial charge in [0.2, 0.25) is 17.7 Å². The quantitative estimate of drug-likeness (QED) is 0.0894. The fraction of sp³-hybridized carbons (Fsp3) is 0.579. The zero-order chi connectivity index (χ0) is 37.3. The Bertz CT molecular complexity index is 1500. The molecule has 7 N–H and O–H groups in total. The number of carbonyl (C=O) groups is 4. The molecule has 0 bridgehead atoms. The van der Waals surface area contributed by atoms with Crippen LogP contribution in [0.4, 0.5) is 4.79 Å². The van der Waals surface area contributed by atoms with Gasteiger partial charge in [0.05, 0.1) is 12.4 Å². The van der Waals surface area contributed by atoms with Gasteiger partial charge in [0.1, 0.15) is 29.6 Å². The number of nitrogens with one attached hydrogen (secondary N) is 6. The largest absolute Gasteiger partial charge is 0.444 e. The van der Waals surface area contributed by atoms with Crippen LogP contribution in [0.5, 0.6) is 0 Å². The van der Waals surface area contributed by atoms with Gasteiger partial charge in [-0.25, -0.2) is 14.8 Å². The van der Waals surface area contributed by atoms with Gasteiger partial charge in [-0.3, -0.25) is 14.4 Å². The first-order valence-electron chi connectivity index (χ1n) is 18.5. The van der Waals surface area contributed by atoms with Gasteiger partial charge < -0.3 is 41.1 Å². The number of amides is 4. The molecule has 1 saturated carbocycles. The Hall–Kier alpha value is -4.72. The van der Waals surface area contributed by atoms with E-state index in [-0.39, 0.29) is 25.2 Å². The average Bonchev–Trinajstić information content (AvgIpc) is 3.84. The summed E-state index contributed by atoms with van der Waals surface area (Å²) in [4.78, 5) is 67.3. The van der Waals surface area contributed by atoms with Crippen molar-refractivity contribution in [1.29, 1.82) is 0 Å². The number of nitrogens with zero attached hydrogens (tertiary/aromatic N) is 2. The molecule has 1 aromatic carbocycles. The second-order valence-corrected chi connectivity index (χ2v) is 14.7. The normalized spacial score (nSPS) is 15.8. The molecule has 1 aliphatic carbocycles. The van der Waals surface area contributed by atoms with E-state index in [1.54, 1.807) is 39.4 Å². The van der Waals surface area contributed by atoms with Crippen molar-refractivity contribution in [3.63, 3.8) is 0 Å². The molecule has 0 radical (unpaired) electrons. The van der Waals surface area contributed by atoms with Crippen LogP contribution >= 0.6 is 0 Å². The van der Waals surface area contributed by atoms with Gasteiger partial charge in [0, 0.05) is 50.1 Å². The standard InChI is InChI=1S/C38H56N8O6/c1-38(2,3)52-37(51)42-18-12-6-11-17-32(47)44-30(22-27-15-9-5-10-16-27)35(49)46-31(23-28-24-39-25-43-28)36(50)45-29(21-26-13-7-4-8-14-26)33(48)34-40-19-20-41-34/h5,9-10,15-16,19-20,24-26,29-31,33,48H,4,6-8,11-14,17-18,21-23H2,1-3H3,(H,39,43)(H,40,41)(H,42,51)(H,44,47)(H,45,50)(H,46,49)/t29-,30-,31-,33+/m0/s1. The molecule has 4 amide bonds. The predicted molar refractivity (Wildman–Crippen MR) is 196 cm³/mol. The van der Waals surface area contributed by atoms with Crippen LogP contribution in [-0.4, -0.2) is 79.1 Å². The van der Waals surface area contributed by atoms with Crippen molar-refractivity contribution in [2.75, 3.05) is 6.54 Å². The first-order chi connectivity index (χ1) is 25.0. The highest BCUT2D eigenvalue weighted by Gasteiger charge is 2.33. The number of hydrogen-bond donors (Lipinski definition) is 7. The minimum Gasteiger partial charge on any atom is -0.444 e. The first kappa shape index (κ1) is 40.1. The molecule has 4 atom stereocenters. The number of benzene rings is 1. The van der Waals surface area contributed by atoms with Gasteiger partial charge in [-0.2, -0.15) is 0 Å². The van der Waals surface area contributed by atoms with Gasteiger partial charge in [0.15, 0.2) is 0 Å². The third-order valence-electron chi connectivity index (χ3n) is 9.12. The van der Waals surface area contributed by atoms with E-state index < -0.39 is 47.7 Å². The number of carbonyl (C=O) groups excluding carboxylic acids is 4. The summed E-state index contributed by atoms with van der Waals surface area (Å²) in [6.07, 6.45) is 13.2. The zero-order valence-corrected chi connectivity index (χ0v) is 30.7. The molecule has 0 saturated heterocycles. The second-order valence-electron chi connectivity index (χ2n) is 14.7. The molecule has 1 aliphatic rings. The lowest BCUT2D eigenvalue weighted by Crippen LogP contribution is -2.56. The molecule has 284 valence electrons. The molecule has 2 aromatic heterocycles. The number of aliphatic hydroxyl groups excluding tert-OH is 1. The summed E-state index contributed by atoms with van der Waals surface area (Å²) in [7, 11) is 0. The summed E-state index contributed by atoms with van der Waals surface area (Å²) in [5.74, 6) is -0.552. The summed E-state index contributed by atoms with van der Waals surface area (Å²) < 4.78 is 5.25. The molecular weight excluding hydrogens is 664 g/mol. The van der Waals surface area contributed by atoms with E-state index in [2.05, 4.69) is 41.2 Å². The Labute approximate surface area is 306 Å². The van der Waals surface area contributed by atoms with Gasteiger partial charge in [0.25, 0.3) is 0 Å². The highest BCUT2D eigenvalue weighted by Crippen LogP contribution is 2.30. The summed E-state index contributed by atoms with van der Waals surface area (Å²) in [6, 6.07) is 6.74. The Balaban J connectivity index is 1.41. The molecule has 2 heterocycles. The number of rotatable bonds is 19. The zero-order valence-electron chi connectivity index (χ0n) is 30.7. The van der Waals surface area contributed by atoms with Crippen molar-refractivity contribution < 1.29 is 29.0 Å². The topological polar surface area (TPSA) is 203 Å². The van der Waals surface area contributed by atoms with Crippen LogP contribution in [-0.2, 0) is 32.0 Å². The minimum atomic E-state index is -1.07. The Morgan fingerprint density at radius 1 is 0.923 bits per heavy atom. The van der Waals surface area contributed by atoms with E-state index in [0.717, 1.165) is 31.2 Å². The van der Waals surface area contributed by atoms with Crippen LogP contribution in [0.25, 0.3) is 0 Å². The van der Waals surface area contributed by atoms with E-state index in [1.165, 1.54) is 12.7 Å². The average molecular weight is 721 g/mol. The molecule has 0 unspecified atom stereocenters. The molecule has 1 fully saturated rings. The van der Waals surface area contributed by atoms with Crippen molar-refractivity contribution in [3.8, 4) is 0 Å². The lowest BCUT2D eigenvalue weighted by molar-refractivity contribution is -0.132. The van der Waals surface area contributed by atoms with Gasteiger partial charge >= 0.3 is 6.09 Å². The smallest absolute Gasteiger partial charge is 0.407 e. The third kappa shape index (κ3) is 14.1. The van der Waals surface area contributed by atoms with Crippen LogP contribution < -0.4 is 21.3 Å². The maximum absolute atomic E-state index is 14.0. The number of ether oxygens (including phenoxy) is 1. The van der Waals surface area contributed by atoms with Gasteiger partial charge in [-0.15, -0.1) is 0 Å². The maximum Gasteiger partial charge on any atom is 0.407 e. The number of alkyl carbamates (subject to hydrolysis) is 1. The fourth-order valence-corrected chi connectivity index (χ4v) is 6.48. The fourth-order valence-electron chi connectivity index (χ4n) is 6.48. The van der Waals surface area contributed by atoms with E-state index in [4.69, 9.17) is 4.74 Å². The predicted octanol–water partition coefficient (Wildman–Crippen LogP) is 4.16. The van der Waals surface area contributed by atoms with Crippen molar-refractivity contribution in [3.05, 3.63) is 72.3 Å². The monoisotopic (exact) mass is 720 g/mol. The second kappa shape index (κ2) is 20.4. The number of imidazole rings is 2. The van der Waals surface area contributed by atoms with E-state index in [9.17, 15) is 24.3 Å². The Morgan fingerprint density at radius 2 is 1.65 bits per heavy atom. The van der Waals surface area contributed by atoms with Crippen LogP contribution in [0.15, 0.2) is 55.2 Å². The minimum absolute atomic E-state index is 0.119. The SMILES string of the molecule is CC(C)(C)OC(=O)NCCCCCC(=O)N[C@@H](Cc1ccccc1)C(=O)N[C@@H](Cc1cnc[nH]1)C(=O)N[C@@H](CC1CCCCC1)[C@@H](O)c1ncc[nH]1. The van der Waals surface area contributed by atoms with Crippen LogP contribution in [0.2, 0.25) is 0 Å². The summed E-state index contributed by atoms with van der Waals surface area (Å²) in [6.45, 7) is 5.83. The van der Waals surface area contributed by atoms with E-state index >= 15 is 0 Å². The summed E-state index contributed by atoms with van der Waals surface area (Å²) >= 11 is 0. The lowest BCUT2D eigenvalue weighted by atomic mass is 9.83. The van der Waals surface area contributed by atoms with Crippen molar-refractivity contribution in [1.82, 2.24) is 41.2 Å². The molecule has 14 heteroatoms. The van der Waals surface area contributed by atoms with Crippen LogP contribution in [0, 0.1) is 5.92 Å². The number of unbranched alkanes of at least 4 members (excludes halogenated alkanes) is 2. The van der Waals surface area contributed by atoms with E-state index in [0.29, 0.717) is 49.7 Å². The number of aromatic nitrogens is 4. The molecule has 3 aromatic rings. The van der Waals surface area contributed by atoms with Crippen molar-refractivity contribution >= 4 is 23.8 Å². The first-order valence-corrected chi connectivity index (χ1v) is 18.5. The lowest BCUT2D eigenvalue weighted by Gasteiger charge is -2.31. The van der Waals surface area contributed by atoms with Crippen LogP contribution in [0.1, 0.15) is 108 Å². The number of hydrogen-bond acceptors (Lipinski definition) is 8. The van der Waals surface area contributed by atoms with Gasteiger partial charge in [-0.1, -0.05) is 68.9 Å². The molecule has 4 rings (SSSR count). The van der Waals surface area contributed by atoms with E-state index in [1.807, 2.05) is 30.3 Å². The molecule has 0 aliphatic heterocycles. The van der Waals surface area contributed by atoms with Crippen LogP contribution in [0.3, 0.4) is 0 Å². The summed E-state index contributed by atoms with van der Waals surface area (Å²) in [5, 5.41) is 22.9. The number of aromatic amines is 2. The number of aliphatic hydroxyl groups is 1. The molecule has 14 nitrogen and oxygen atoms in total. The highest BCUT2D eigenvalue weighted by atomic mass is 16.6. The molecular formula is C38H56N8O6. The Morgan fingerprint density at radius 3 is 2.33 bits per heavy atom. The highest BCUT2D eigenvalue weighted by molar-refractivity contribution is 5.92. The third-order valence-corrected chi connectivity index (χ3v) is 9.12. The Kier molecular flexibility index (Phi) is 15.7. The summed E-state index contributed by atoms with van der Waals surface area (Å²) in [5.41, 5.74) is 0.911. The number of H-pyrrole nitrogens is 2. The molecule has 0 spiro atoms. The van der Waals surface area contributed by atoms with Crippen molar-refractivity contribution in [2.24, 2.45) is 5.92 Å².